The van der Waals surface area contributed by atoms with E-state index in [4.69, 9.17) is 35.4 Å². The number of rotatable bonds is 10. The van der Waals surface area contributed by atoms with E-state index in [0.717, 1.165) is 102 Å². The van der Waals surface area contributed by atoms with Crippen LogP contribution in [0.3, 0.4) is 0 Å². The number of aromatic nitrogens is 10. The number of fused-ring (bicyclic) bond motifs is 4. The fourth-order valence-electron chi connectivity index (χ4n) is 9.64. The molecule has 12 rings (SSSR count). The number of halogens is 2. The van der Waals surface area contributed by atoms with Crippen LogP contribution in [0.1, 0.15) is 43.5 Å². The van der Waals surface area contributed by atoms with Crippen molar-refractivity contribution in [3.8, 4) is 45.3 Å². The average Bonchev–Trinajstić information content (AvgIpc) is 4.29. The summed E-state index contributed by atoms with van der Waals surface area (Å²) in [7, 11) is -1.31. The molecule has 0 saturated heterocycles. The van der Waals surface area contributed by atoms with Crippen molar-refractivity contribution in [1.29, 1.82) is 0 Å². The van der Waals surface area contributed by atoms with Crippen LogP contribution in [-0.4, -0.2) is 86.5 Å². The molecule has 4 aromatic carbocycles. The molecular weight excluding hydrogens is 971 g/mol. The first-order valence-corrected chi connectivity index (χ1v) is 26.1. The minimum atomic E-state index is -1.31. The van der Waals surface area contributed by atoms with E-state index in [9.17, 15) is 13.0 Å². The molecule has 0 saturated carbocycles. The van der Waals surface area contributed by atoms with Crippen molar-refractivity contribution in [2.75, 3.05) is 12.5 Å². The highest BCUT2D eigenvalue weighted by atomic mass is 32.2. The summed E-state index contributed by atoms with van der Waals surface area (Å²) in [6.07, 6.45) is 15.0. The number of imidazole rings is 2. The number of hydrogen-bond donors (Lipinski definition) is 3. The SMILES string of the molecule is CC(=O)O.CS(=O)c1nccc(-c2c(-c3ccc(F)cc3)nc3n2[C@H](Cn2ccc4ccccc42)CC3)n1.CSc1nccc(-c2c(-c3ccc(F)cc3)nc3n2[C@H](Cn2ccc4ccccc42)CC3)n1.OO. The summed E-state index contributed by atoms with van der Waals surface area (Å²) in [6.45, 7) is 2.73. The van der Waals surface area contributed by atoms with E-state index in [1.807, 2.05) is 24.5 Å². The lowest BCUT2D eigenvalue weighted by atomic mass is 10.1. The third kappa shape index (κ3) is 10.8. The van der Waals surface area contributed by atoms with E-state index in [1.54, 1.807) is 42.9 Å². The zero-order chi connectivity index (χ0) is 51.2. The normalized spacial score (nSPS) is 14.8. The molecule has 0 radical (unpaired) electrons. The van der Waals surface area contributed by atoms with Crippen LogP contribution in [0.4, 0.5) is 8.78 Å². The van der Waals surface area contributed by atoms with Gasteiger partial charge in [-0.1, -0.05) is 48.2 Å². The van der Waals surface area contributed by atoms with Crippen LogP contribution < -0.4 is 0 Å². The summed E-state index contributed by atoms with van der Waals surface area (Å²) in [5.41, 5.74) is 9.09. The molecule has 0 aliphatic carbocycles. The number of aliphatic carboxylic acids is 1. The van der Waals surface area contributed by atoms with Gasteiger partial charge in [-0.2, -0.15) is 0 Å². The summed E-state index contributed by atoms with van der Waals surface area (Å²) < 4.78 is 48.6. The van der Waals surface area contributed by atoms with Crippen molar-refractivity contribution >= 4 is 50.3 Å². The van der Waals surface area contributed by atoms with Crippen LogP contribution in [0.25, 0.3) is 67.1 Å². The molecule has 19 heteroatoms. The van der Waals surface area contributed by atoms with Crippen LogP contribution >= 0.6 is 11.8 Å². The second-order valence-corrected chi connectivity index (χ2v) is 19.3. The average molecular weight is 1020 g/mol. The monoisotopic (exact) mass is 1020 g/mol. The van der Waals surface area contributed by atoms with Gasteiger partial charge in [0.25, 0.3) is 5.97 Å². The smallest absolute Gasteiger partial charge is 0.300 e. The van der Waals surface area contributed by atoms with E-state index in [0.29, 0.717) is 5.69 Å². The van der Waals surface area contributed by atoms with Crippen LogP contribution in [0.5, 0.6) is 0 Å². The van der Waals surface area contributed by atoms with Gasteiger partial charge in [-0.3, -0.25) is 19.5 Å². The number of carbonyl (C=O) groups is 1. The molecule has 0 bridgehead atoms. The van der Waals surface area contributed by atoms with Gasteiger partial charge in [0, 0.05) is 86.1 Å². The van der Waals surface area contributed by atoms with Crippen molar-refractivity contribution in [3.63, 3.8) is 0 Å². The number of nitrogens with zero attached hydrogens (tertiary/aromatic N) is 10. The van der Waals surface area contributed by atoms with Crippen molar-refractivity contribution in [3.05, 3.63) is 169 Å². The third-order valence-corrected chi connectivity index (χ3v) is 14.0. The standard InChI is InChI=1S/C26H22FN5OS.C26H22FN5S.C2H4O2.H2O2/c1-34(33)26-28-14-12-21(29-26)25-24(18-6-8-19(27)9-7-18)30-23-11-10-20(32(23)25)16-31-15-13-17-4-2-3-5-22(17)31;1-33-26-28-14-12-21(29-26)25-24(18-6-8-19(27)9-7-18)30-23-11-10-20(32(23)25)16-31-15-13-17-4-2-3-5-22(17)31;1-2(3)4;1-2/h2-9,12-15,20H,10-11,16H2,1H3;2-9,12-15,20H,10-11,16H2,1H3;1H3,(H,3,4);1-2H/t20-,34?;20-;;/m00../s1. The highest BCUT2D eigenvalue weighted by molar-refractivity contribution is 7.98. The van der Waals surface area contributed by atoms with E-state index in [2.05, 4.69) is 100 Å². The lowest BCUT2D eigenvalue weighted by Crippen LogP contribution is -2.14. The molecule has 3 N–H and O–H groups in total. The first kappa shape index (κ1) is 50.2. The van der Waals surface area contributed by atoms with Crippen LogP contribution in [-0.2, 0) is 41.5 Å². The summed E-state index contributed by atoms with van der Waals surface area (Å²) >= 11 is 1.52. The molecule has 0 spiro atoms. The van der Waals surface area contributed by atoms with Gasteiger partial charge in [0.2, 0.25) is 5.16 Å². The number of para-hydroxylation sites is 2. The molecule has 2 aliphatic rings. The van der Waals surface area contributed by atoms with Crippen molar-refractivity contribution < 1.29 is 33.4 Å². The Morgan fingerprint density at radius 2 is 1.08 bits per heavy atom. The molecule has 6 aromatic heterocycles. The molecule has 372 valence electrons. The second kappa shape index (κ2) is 22.4. The highest BCUT2D eigenvalue weighted by Crippen LogP contribution is 2.42. The van der Waals surface area contributed by atoms with Crippen LogP contribution in [0, 0.1) is 11.6 Å². The van der Waals surface area contributed by atoms with Crippen LogP contribution in [0.2, 0.25) is 0 Å². The van der Waals surface area contributed by atoms with E-state index < -0.39 is 16.8 Å². The summed E-state index contributed by atoms with van der Waals surface area (Å²) in [6, 6.07) is 38.3. The Morgan fingerprint density at radius 3 is 1.53 bits per heavy atom. The number of carboxylic acid groups (broad SMARTS) is 1. The Hall–Kier alpha value is -7.71. The molecule has 10 aromatic rings. The summed E-state index contributed by atoms with van der Waals surface area (Å²) in [5.74, 6) is 0.653. The first-order chi connectivity index (χ1) is 35.5. The quantitative estimate of drug-likeness (QED) is 0.0509. The van der Waals surface area contributed by atoms with Gasteiger partial charge < -0.3 is 23.4 Å². The topological polar surface area (TPSA) is 192 Å². The van der Waals surface area contributed by atoms with E-state index in [-0.39, 0.29) is 28.9 Å². The molecule has 73 heavy (non-hydrogen) atoms. The largest absolute Gasteiger partial charge is 0.481 e. The molecular formula is C54H50F2N10O5S2. The van der Waals surface area contributed by atoms with Crippen molar-refractivity contribution in [2.24, 2.45) is 0 Å². The Balaban J connectivity index is 0.000000163. The molecule has 0 amide bonds. The first-order valence-electron chi connectivity index (χ1n) is 23.3. The zero-order valence-corrected chi connectivity index (χ0v) is 41.6. The van der Waals surface area contributed by atoms with Crippen LogP contribution in [0.15, 0.2) is 156 Å². The molecule has 15 nitrogen and oxygen atoms in total. The lowest BCUT2D eigenvalue weighted by Gasteiger charge is -2.19. The summed E-state index contributed by atoms with van der Waals surface area (Å²) in [5, 5.41) is 22.9. The zero-order valence-electron chi connectivity index (χ0n) is 40.0. The maximum absolute atomic E-state index is 13.6. The predicted octanol–water partition coefficient (Wildman–Crippen LogP) is 11.1. The van der Waals surface area contributed by atoms with Gasteiger partial charge in [-0.25, -0.2) is 38.7 Å². The van der Waals surface area contributed by atoms with Crippen molar-refractivity contribution in [1.82, 2.24) is 48.2 Å². The number of carboxylic acids is 1. The molecule has 1 unspecified atom stereocenters. The highest BCUT2D eigenvalue weighted by Gasteiger charge is 2.33. The molecule has 0 fully saturated rings. The number of thioether (sulfide) groups is 1. The van der Waals surface area contributed by atoms with Gasteiger partial charge in [0.05, 0.1) is 57.0 Å². The number of benzene rings is 4. The van der Waals surface area contributed by atoms with E-state index in [1.165, 1.54) is 57.8 Å². The Bertz CT molecular complexity index is 3570. The molecule has 2 aliphatic heterocycles. The van der Waals surface area contributed by atoms with E-state index >= 15 is 0 Å². The molecule has 8 heterocycles. The molecule has 3 atom stereocenters. The lowest BCUT2D eigenvalue weighted by molar-refractivity contribution is -0.176. The van der Waals surface area contributed by atoms with Gasteiger partial charge >= 0.3 is 0 Å². The fourth-order valence-corrected chi connectivity index (χ4v) is 10.4. The minimum Gasteiger partial charge on any atom is -0.481 e. The number of aryl methyl sites for hydroxylation is 2. The third-order valence-electron chi connectivity index (χ3n) is 12.7. The van der Waals surface area contributed by atoms with Gasteiger partial charge in [-0.05, 0) is 115 Å². The maximum atomic E-state index is 13.6. The van der Waals surface area contributed by atoms with Gasteiger partial charge in [0.15, 0.2) is 5.16 Å². The fraction of sp³-hybridized carbons (Fsp3) is 0.204. The summed E-state index contributed by atoms with van der Waals surface area (Å²) in [4.78, 5) is 37.0. The maximum Gasteiger partial charge on any atom is 0.300 e. The Labute approximate surface area is 425 Å². The second-order valence-electron chi connectivity index (χ2n) is 17.3. The Kier molecular flexibility index (Phi) is 15.4. The van der Waals surface area contributed by atoms with Gasteiger partial charge in [-0.15, -0.1) is 0 Å². The minimum absolute atomic E-state index is 0.174. The predicted molar refractivity (Wildman–Crippen MR) is 279 cm³/mol. The number of hydrogen-bond acceptors (Lipinski definition) is 11. The van der Waals surface area contributed by atoms with Gasteiger partial charge in [0.1, 0.15) is 23.3 Å². The van der Waals surface area contributed by atoms with Crippen molar-refractivity contribution in [2.45, 2.75) is 68.1 Å². The Morgan fingerprint density at radius 1 is 0.644 bits per heavy atom.